The summed E-state index contributed by atoms with van der Waals surface area (Å²) in [4.78, 5) is 1.53. The molecule has 0 spiro atoms. The Morgan fingerprint density at radius 1 is 1.57 bits per heavy atom. The fraction of sp³-hybridized carbons (Fsp3) is 0.500. The maximum Gasteiger partial charge on any atom is 0.241 e. The Morgan fingerprint density at radius 2 is 2.29 bits per heavy atom. The van der Waals surface area contributed by atoms with E-state index in [-0.39, 0.29) is 18.5 Å². The number of rotatable bonds is 4. The largest absolute Gasteiger partial charge is 0.490 e. The van der Waals surface area contributed by atoms with Crippen LogP contribution in [0.25, 0.3) is 0 Å². The molecule has 1 atom stereocenters. The van der Waals surface area contributed by atoms with Crippen LogP contribution in [0.4, 0.5) is 4.39 Å². The van der Waals surface area contributed by atoms with E-state index in [2.05, 4.69) is 20.8 Å². The maximum atomic E-state index is 13.8. The summed E-state index contributed by atoms with van der Waals surface area (Å²) < 4.78 is 47.5. The Bertz CT molecular complexity index is 626. The van der Waals surface area contributed by atoms with Crippen LogP contribution in [0.3, 0.4) is 0 Å². The van der Waals surface area contributed by atoms with Crippen molar-refractivity contribution in [1.29, 1.82) is 0 Å². The maximum absolute atomic E-state index is 13.8. The molecule has 0 aromatic heterocycles. The van der Waals surface area contributed by atoms with Gasteiger partial charge in [0, 0.05) is 19.2 Å². The smallest absolute Gasteiger partial charge is 0.241 e. The minimum atomic E-state index is -4.11. The Kier molecular flexibility index (Phi) is 5.20. The van der Waals surface area contributed by atoms with Crippen molar-refractivity contribution in [2.24, 2.45) is 5.14 Å². The molecule has 9 heteroatoms. The molecule has 1 unspecified atom stereocenters. The number of nitrogens with two attached hydrogens (primary N) is 1. The lowest BCUT2D eigenvalue weighted by Gasteiger charge is -2.29. The summed E-state index contributed by atoms with van der Waals surface area (Å²) >= 11 is 3.15. The first-order valence-electron chi connectivity index (χ1n) is 6.22. The predicted octanol–water partition coefficient (Wildman–Crippen LogP) is 0.945. The highest BCUT2D eigenvalue weighted by atomic mass is 79.9. The zero-order chi connectivity index (χ0) is 15.6. The van der Waals surface area contributed by atoms with Gasteiger partial charge >= 0.3 is 0 Å². The van der Waals surface area contributed by atoms with E-state index in [1.165, 1.54) is 0 Å². The number of nitrogens with zero attached hydrogens (tertiary/aromatic N) is 1. The van der Waals surface area contributed by atoms with Crippen LogP contribution < -0.4 is 9.88 Å². The van der Waals surface area contributed by atoms with Crippen molar-refractivity contribution in [2.75, 3.05) is 33.4 Å². The van der Waals surface area contributed by atoms with E-state index < -0.39 is 20.7 Å². The summed E-state index contributed by atoms with van der Waals surface area (Å²) in [5, 5.41) is 4.93. The van der Waals surface area contributed by atoms with Crippen LogP contribution in [0.15, 0.2) is 21.5 Å². The molecular formula is C12H16BrFN2O4S. The molecule has 1 aliphatic heterocycles. The second-order valence-corrected chi connectivity index (χ2v) is 7.21. The summed E-state index contributed by atoms with van der Waals surface area (Å²) in [5.74, 6) is -0.742. The number of benzene rings is 1. The molecule has 1 fully saturated rings. The second kappa shape index (κ2) is 6.57. The topological polar surface area (TPSA) is 81.9 Å². The molecule has 1 heterocycles. The van der Waals surface area contributed by atoms with E-state index in [0.717, 1.165) is 25.2 Å². The number of sulfonamides is 1. The van der Waals surface area contributed by atoms with Crippen LogP contribution in [0.1, 0.15) is 0 Å². The van der Waals surface area contributed by atoms with Gasteiger partial charge in [0.15, 0.2) is 0 Å². The van der Waals surface area contributed by atoms with E-state index >= 15 is 0 Å². The number of hydrogen-bond donors (Lipinski definition) is 1. The van der Waals surface area contributed by atoms with Crippen molar-refractivity contribution in [3.8, 4) is 5.75 Å². The van der Waals surface area contributed by atoms with Gasteiger partial charge in [0.2, 0.25) is 10.0 Å². The Hall–Kier alpha value is -0.740. The minimum absolute atomic E-state index is 0.114. The van der Waals surface area contributed by atoms with E-state index in [1.807, 2.05) is 7.05 Å². The standard InChI is InChI=1S/C12H16BrFN2O4S/c1-16-2-3-19-8(6-16)7-20-11-5-10(14)12(4-9(11)13)21(15,17)18/h4-5,8H,2-3,6-7H2,1H3,(H2,15,17,18). The van der Waals surface area contributed by atoms with Crippen LogP contribution >= 0.6 is 15.9 Å². The van der Waals surface area contributed by atoms with E-state index in [0.29, 0.717) is 11.1 Å². The third-order valence-corrected chi connectivity index (χ3v) is 4.61. The molecule has 0 bridgehead atoms. The lowest BCUT2D eigenvalue weighted by Crippen LogP contribution is -2.42. The van der Waals surface area contributed by atoms with Gasteiger partial charge < -0.3 is 14.4 Å². The molecule has 0 saturated carbocycles. The van der Waals surface area contributed by atoms with Crippen LogP contribution in [-0.2, 0) is 14.8 Å². The quantitative estimate of drug-likeness (QED) is 0.837. The molecule has 1 aromatic carbocycles. The molecule has 2 N–H and O–H groups in total. The van der Waals surface area contributed by atoms with Gasteiger partial charge in [0.05, 0.1) is 11.1 Å². The van der Waals surface area contributed by atoms with Gasteiger partial charge in [-0.3, -0.25) is 0 Å². The summed E-state index contributed by atoms with van der Waals surface area (Å²) in [6.45, 7) is 2.44. The van der Waals surface area contributed by atoms with Crippen molar-refractivity contribution < 1.29 is 22.3 Å². The highest BCUT2D eigenvalue weighted by Crippen LogP contribution is 2.30. The summed E-state index contributed by atoms with van der Waals surface area (Å²) in [6, 6.07) is 2.09. The van der Waals surface area contributed by atoms with E-state index in [9.17, 15) is 12.8 Å². The monoisotopic (exact) mass is 382 g/mol. The lowest BCUT2D eigenvalue weighted by molar-refractivity contribution is -0.0405. The predicted molar refractivity (Wildman–Crippen MR) is 78.2 cm³/mol. The zero-order valence-corrected chi connectivity index (χ0v) is 13.8. The Balaban J connectivity index is 2.09. The van der Waals surface area contributed by atoms with Gasteiger partial charge in [-0.1, -0.05) is 0 Å². The molecule has 118 valence electrons. The number of ether oxygens (including phenoxy) is 2. The molecule has 21 heavy (non-hydrogen) atoms. The minimum Gasteiger partial charge on any atom is -0.490 e. The lowest BCUT2D eigenvalue weighted by atomic mass is 10.3. The number of hydrogen-bond acceptors (Lipinski definition) is 5. The van der Waals surface area contributed by atoms with E-state index in [4.69, 9.17) is 14.6 Å². The number of halogens is 2. The van der Waals surface area contributed by atoms with Crippen LogP contribution in [0.5, 0.6) is 5.75 Å². The molecule has 1 saturated heterocycles. The highest BCUT2D eigenvalue weighted by Gasteiger charge is 2.21. The van der Waals surface area contributed by atoms with Crippen molar-refractivity contribution >= 4 is 26.0 Å². The van der Waals surface area contributed by atoms with Gasteiger partial charge in [-0.15, -0.1) is 0 Å². The number of primary sulfonamides is 1. The van der Waals surface area contributed by atoms with E-state index in [1.54, 1.807) is 0 Å². The van der Waals surface area contributed by atoms with Crippen molar-refractivity contribution in [1.82, 2.24) is 4.90 Å². The molecule has 2 rings (SSSR count). The average molecular weight is 383 g/mol. The van der Waals surface area contributed by atoms with Gasteiger partial charge in [0.25, 0.3) is 0 Å². The van der Waals surface area contributed by atoms with Crippen LogP contribution in [0.2, 0.25) is 0 Å². The van der Waals surface area contributed by atoms with Crippen molar-refractivity contribution in [2.45, 2.75) is 11.0 Å². The number of morpholine rings is 1. The Morgan fingerprint density at radius 3 is 2.90 bits per heavy atom. The fourth-order valence-electron chi connectivity index (χ4n) is 1.99. The zero-order valence-electron chi connectivity index (χ0n) is 11.4. The number of likely N-dealkylation sites (N-methyl/N-ethyl adjacent to an activating group) is 1. The normalized spacial score (nSPS) is 20.5. The third-order valence-electron chi connectivity index (χ3n) is 3.06. The van der Waals surface area contributed by atoms with Crippen LogP contribution in [-0.4, -0.2) is 52.8 Å². The van der Waals surface area contributed by atoms with Gasteiger partial charge in [0.1, 0.15) is 29.2 Å². The summed E-state index contributed by atoms with van der Waals surface area (Å²) in [5.41, 5.74) is 0. The first-order valence-corrected chi connectivity index (χ1v) is 8.56. The second-order valence-electron chi connectivity index (χ2n) is 4.82. The molecular weight excluding hydrogens is 367 g/mol. The SMILES string of the molecule is CN1CCOC(COc2cc(F)c(S(N)(=O)=O)cc2Br)C1. The summed E-state index contributed by atoms with van der Waals surface area (Å²) in [6.07, 6.45) is -0.114. The Labute approximate surface area is 131 Å². The van der Waals surface area contributed by atoms with Crippen molar-refractivity contribution in [3.63, 3.8) is 0 Å². The first-order chi connectivity index (χ1) is 9.77. The molecule has 1 aromatic rings. The average Bonchev–Trinajstić information content (AvgIpc) is 2.38. The van der Waals surface area contributed by atoms with Gasteiger partial charge in [-0.25, -0.2) is 17.9 Å². The first kappa shape index (κ1) is 16.6. The third kappa shape index (κ3) is 4.36. The van der Waals surface area contributed by atoms with Gasteiger partial charge in [-0.2, -0.15) is 0 Å². The van der Waals surface area contributed by atoms with Gasteiger partial charge in [-0.05, 0) is 29.0 Å². The van der Waals surface area contributed by atoms with Crippen molar-refractivity contribution in [3.05, 3.63) is 22.4 Å². The molecule has 0 amide bonds. The summed E-state index contributed by atoms with van der Waals surface area (Å²) in [7, 11) is -2.13. The molecule has 0 aliphatic carbocycles. The van der Waals surface area contributed by atoms with Crippen LogP contribution in [0, 0.1) is 5.82 Å². The molecule has 1 aliphatic rings. The fourth-order valence-corrected chi connectivity index (χ4v) is 3.21. The molecule has 6 nitrogen and oxygen atoms in total. The highest BCUT2D eigenvalue weighted by molar-refractivity contribution is 9.10. The molecule has 0 radical (unpaired) electrons.